The number of amides is 1. The molecule has 0 bridgehead atoms. The van der Waals surface area contributed by atoms with Gasteiger partial charge in [0.25, 0.3) is 0 Å². The van der Waals surface area contributed by atoms with Crippen molar-refractivity contribution in [2.75, 3.05) is 19.1 Å². The van der Waals surface area contributed by atoms with Crippen LogP contribution in [-0.4, -0.2) is 43.7 Å². The first-order chi connectivity index (χ1) is 17.0. The normalized spacial score (nSPS) is 13.1. The smallest absolute Gasteiger partial charge is 0.207 e. The van der Waals surface area contributed by atoms with E-state index in [-0.39, 0.29) is 12.8 Å². The van der Waals surface area contributed by atoms with Crippen LogP contribution in [0.2, 0.25) is 0 Å². The summed E-state index contributed by atoms with van der Waals surface area (Å²) in [5.74, 6) is 1.60. The number of nitrogens with zero attached hydrogens (tertiary/aromatic N) is 3. The molecule has 7 heteroatoms. The zero-order valence-corrected chi connectivity index (χ0v) is 20.8. The van der Waals surface area contributed by atoms with E-state index < -0.39 is 0 Å². The number of rotatable bonds is 11. The van der Waals surface area contributed by atoms with Gasteiger partial charge in [0.1, 0.15) is 5.75 Å². The van der Waals surface area contributed by atoms with Crippen LogP contribution in [0.4, 0.5) is 5.69 Å². The van der Waals surface area contributed by atoms with Gasteiger partial charge in [-0.1, -0.05) is 12.1 Å². The Kier molecular flexibility index (Phi) is 9.66. The van der Waals surface area contributed by atoms with E-state index in [0.717, 1.165) is 23.9 Å². The molecule has 3 aromatic rings. The number of hydrogen-bond acceptors (Lipinski definition) is 5. The first-order valence-corrected chi connectivity index (χ1v) is 11.9. The molecule has 1 aliphatic carbocycles. The summed E-state index contributed by atoms with van der Waals surface area (Å²) in [5.41, 5.74) is 4.82. The number of allylic oxidation sites excluding steroid dienone is 1. The van der Waals surface area contributed by atoms with Gasteiger partial charge < -0.3 is 19.9 Å². The van der Waals surface area contributed by atoms with E-state index in [0.29, 0.717) is 6.41 Å². The van der Waals surface area contributed by atoms with Crippen LogP contribution in [0.5, 0.6) is 5.75 Å². The minimum atomic E-state index is 0.272. The third kappa shape index (κ3) is 7.84. The Hall–Kier alpha value is -3.87. The molecule has 1 aromatic heterocycles. The minimum Gasteiger partial charge on any atom is -0.471 e. The number of anilines is 1. The third-order valence-electron chi connectivity index (χ3n) is 5.57. The summed E-state index contributed by atoms with van der Waals surface area (Å²) in [6.45, 7) is 8.53. The first-order valence-electron chi connectivity index (χ1n) is 11.9. The van der Waals surface area contributed by atoms with Gasteiger partial charge in [0, 0.05) is 54.9 Å². The summed E-state index contributed by atoms with van der Waals surface area (Å²) < 4.78 is 8.26. The molecule has 0 atom stereocenters. The second-order valence-corrected chi connectivity index (χ2v) is 8.70. The number of nitrogens with one attached hydrogen (secondary N) is 2. The second kappa shape index (κ2) is 13.1. The fourth-order valence-electron chi connectivity index (χ4n) is 3.58. The van der Waals surface area contributed by atoms with Crippen molar-refractivity contribution in [2.24, 2.45) is 15.9 Å². The number of aliphatic imine (C=N–C) groups is 2. The van der Waals surface area contributed by atoms with Gasteiger partial charge in [-0.15, -0.1) is 0 Å². The summed E-state index contributed by atoms with van der Waals surface area (Å²) in [4.78, 5) is 17.3. The van der Waals surface area contributed by atoms with Gasteiger partial charge in [-0.05, 0) is 81.3 Å². The molecule has 2 N–H and O–H groups in total. The van der Waals surface area contributed by atoms with Crippen LogP contribution in [0, 0.1) is 5.92 Å². The Morgan fingerprint density at radius 3 is 2.54 bits per heavy atom. The molecule has 0 radical (unpaired) electrons. The van der Waals surface area contributed by atoms with Crippen molar-refractivity contribution >= 4 is 35.9 Å². The molecule has 1 aliphatic rings. The van der Waals surface area contributed by atoms with Gasteiger partial charge in [0.2, 0.25) is 6.41 Å². The van der Waals surface area contributed by atoms with Crippen molar-refractivity contribution in [1.29, 1.82) is 0 Å². The van der Waals surface area contributed by atoms with Gasteiger partial charge >= 0.3 is 0 Å². The molecule has 1 amide bonds. The number of benzene rings is 2. The maximum Gasteiger partial charge on any atom is 0.207 e. The van der Waals surface area contributed by atoms with Crippen LogP contribution in [0.15, 0.2) is 70.8 Å². The predicted octanol–water partition coefficient (Wildman–Crippen LogP) is 5.52. The minimum absolute atomic E-state index is 0.272. The van der Waals surface area contributed by atoms with Gasteiger partial charge in [0.05, 0.1) is 5.52 Å². The molecule has 0 unspecified atom stereocenters. The number of aromatic nitrogens is 1. The van der Waals surface area contributed by atoms with E-state index in [4.69, 9.17) is 4.74 Å². The lowest BCUT2D eigenvalue weighted by atomic mass is 10.1. The summed E-state index contributed by atoms with van der Waals surface area (Å²) in [6, 6.07) is 17.4. The lowest BCUT2D eigenvalue weighted by molar-refractivity contribution is -0.109. The molecular weight excluding hydrogens is 438 g/mol. The van der Waals surface area contributed by atoms with E-state index in [1.807, 2.05) is 27.0 Å². The quantitative estimate of drug-likeness (QED) is 0.284. The Bertz CT molecular complexity index is 1160. The van der Waals surface area contributed by atoms with Crippen molar-refractivity contribution in [1.82, 2.24) is 9.88 Å². The summed E-state index contributed by atoms with van der Waals surface area (Å²) >= 11 is 0. The Morgan fingerprint density at radius 2 is 1.94 bits per heavy atom. The predicted molar refractivity (Wildman–Crippen MR) is 147 cm³/mol. The number of fused-ring (bicyclic) bond motifs is 1. The highest BCUT2D eigenvalue weighted by molar-refractivity contribution is 5.88. The van der Waals surface area contributed by atoms with Crippen LogP contribution in [-0.2, 0) is 11.3 Å². The Labute approximate surface area is 207 Å². The average molecular weight is 474 g/mol. The second-order valence-electron chi connectivity index (χ2n) is 8.70. The molecular formula is C28H35N5O2. The summed E-state index contributed by atoms with van der Waals surface area (Å²) in [7, 11) is 1.94. The largest absolute Gasteiger partial charge is 0.471 e. The maximum atomic E-state index is 9.50. The van der Waals surface area contributed by atoms with Crippen molar-refractivity contribution < 1.29 is 9.53 Å². The summed E-state index contributed by atoms with van der Waals surface area (Å²) in [6.07, 6.45) is 8.31. The molecule has 1 fully saturated rings. The van der Waals surface area contributed by atoms with Crippen molar-refractivity contribution in [3.05, 3.63) is 60.8 Å². The molecule has 4 rings (SSSR count). The van der Waals surface area contributed by atoms with Crippen LogP contribution in [0.3, 0.4) is 0 Å². The monoisotopic (exact) mass is 473 g/mol. The molecule has 35 heavy (non-hydrogen) atoms. The fraction of sp³-hybridized carbons (Fsp3) is 0.321. The highest BCUT2D eigenvalue weighted by Crippen LogP contribution is 2.37. The highest BCUT2D eigenvalue weighted by Gasteiger charge is 2.24. The van der Waals surface area contributed by atoms with E-state index in [1.165, 1.54) is 35.0 Å². The van der Waals surface area contributed by atoms with Crippen LogP contribution >= 0.6 is 0 Å². The molecule has 0 aliphatic heterocycles. The van der Waals surface area contributed by atoms with E-state index in [9.17, 15) is 4.79 Å². The SMILES string of the molecule is C=N/C=C\C=N/COc1ccc2cc(-c3ccc(NC)cc3)n(CC3CC3)c2c1.CC(C)NC=O. The Morgan fingerprint density at radius 1 is 1.17 bits per heavy atom. The van der Waals surface area contributed by atoms with Gasteiger partial charge in [-0.25, -0.2) is 0 Å². The zero-order valence-electron chi connectivity index (χ0n) is 20.8. The van der Waals surface area contributed by atoms with Crippen molar-refractivity contribution in [3.63, 3.8) is 0 Å². The average Bonchev–Trinajstić information content (AvgIpc) is 3.62. The van der Waals surface area contributed by atoms with Crippen molar-refractivity contribution in [2.45, 2.75) is 39.3 Å². The lowest BCUT2D eigenvalue weighted by Gasteiger charge is -2.12. The van der Waals surface area contributed by atoms with E-state index >= 15 is 0 Å². The molecule has 7 nitrogen and oxygen atoms in total. The molecule has 1 heterocycles. The topological polar surface area (TPSA) is 80.0 Å². The van der Waals surface area contributed by atoms with Crippen molar-refractivity contribution in [3.8, 4) is 17.0 Å². The van der Waals surface area contributed by atoms with Gasteiger partial charge in [-0.2, -0.15) is 0 Å². The molecule has 0 spiro atoms. The van der Waals surface area contributed by atoms with E-state index in [1.54, 1.807) is 18.5 Å². The maximum absolute atomic E-state index is 9.50. The van der Waals surface area contributed by atoms with Crippen LogP contribution in [0.1, 0.15) is 26.7 Å². The molecule has 184 valence electrons. The standard InChI is InChI=1S/C24H26N4O.C4H9NO/c1-25-12-3-13-27-17-29-22-11-8-20-14-23(19-6-9-21(26-2)10-7-19)28(24(20)15-22)16-18-4-5-18;1-4(2)5-3-6/h3,6-15,18,26H,1,4-5,16-17H2,2H3;3-4H,1-2H3,(H,5,6)/b12-3-,27-13-;. The number of carbonyl (C=O) groups excluding carboxylic acids is 1. The lowest BCUT2D eigenvalue weighted by Crippen LogP contribution is -2.19. The highest BCUT2D eigenvalue weighted by atomic mass is 16.5. The third-order valence-corrected chi connectivity index (χ3v) is 5.57. The number of carbonyl (C=O) groups is 1. The number of hydrogen-bond donors (Lipinski definition) is 2. The number of ether oxygens (including phenoxy) is 1. The van der Waals surface area contributed by atoms with Gasteiger partial charge in [-0.3, -0.25) is 14.8 Å². The molecule has 0 saturated heterocycles. The molecule has 1 saturated carbocycles. The van der Waals surface area contributed by atoms with Gasteiger partial charge in [0.15, 0.2) is 6.73 Å². The molecule has 2 aromatic carbocycles. The summed E-state index contributed by atoms with van der Waals surface area (Å²) in [5, 5.41) is 6.94. The Balaban J connectivity index is 0.000000509. The first kappa shape index (κ1) is 25.7. The zero-order chi connectivity index (χ0) is 25.0. The van der Waals surface area contributed by atoms with E-state index in [2.05, 4.69) is 74.4 Å². The fourth-order valence-corrected chi connectivity index (χ4v) is 3.58. The van der Waals surface area contributed by atoms with Crippen LogP contribution < -0.4 is 15.4 Å². The van der Waals surface area contributed by atoms with Crippen LogP contribution in [0.25, 0.3) is 22.2 Å².